The van der Waals surface area contributed by atoms with E-state index < -0.39 is 11.6 Å². The average Bonchev–Trinajstić information content (AvgIpc) is 2.21. The first-order valence-corrected chi connectivity index (χ1v) is 4.62. The Labute approximate surface area is 91.9 Å². The summed E-state index contributed by atoms with van der Waals surface area (Å²) in [5.41, 5.74) is 4.92. The van der Waals surface area contributed by atoms with E-state index in [2.05, 4.69) is 5.32 Å². The minimum absolute atomic E-state index is 0.0206. The summed E-state index contributed by atoms with van der Waals surface area (Å²) in [5.74, 6) is -1.93. The molecule has 0 heterocycles. The number of rotatable bonds is 5. The van der Waals surface area contributed by atoms with E-state index in [1.165, 1.54) is 7.11 Å². The number of benzene rings is 1. The van der Waals surface area contributed by atoms with E-state index in [0.717, 1.165) is 12.1 Å². The fourth-order valence-electron chi connectivity index (χ4n) is 1.18. The second-order valence-electron chi connectivity index (χ2n) is 3.15. The number of amidine groups is 1. The Morgan fingerprint density at radius 2 is 2.00 bits per heavy atom. The topological polar surface area (TPSA) is 71.1 Å². The van der Waals surface area contributed by atoms with Crippen molar-refractivity contribution in [2.75, 3.05) is 25.6 Å². The molecule has 0 aliphatic carbocycles. The van der Waals surface area contributed by atoms with Crippen LogP contribution in [0, 0.1) is 17.0 Å². The van der Waals surface area contributed by atoms with Gasteiger partial charge >= 0.3 is 0 Å². The molecule has 0 atom stereocenters. The highest BCUT2D eigenvalue weighted by atomic mass is 19.1. The minimum Gasteiger partial charge on any atom is -0.384 e. The molecule has 4 N–H and O–H groups in total. The van der Waals surface area contributed by atoms with Gasteiger partial charge in [0.2, 0.25) is 0 Å². The van der Waals surface area contributed by atoms with Gasteiger partial charge in [0.15, 0.2) is 0 Å². The van der Waals surface area contributed by atoms with Crippen LogP contribution in [0.25, 0.3) is 0 Å². The van der Waals surface area contributed by atoms with Gasteiger partial charge in [-0.3, -0.25) is 5.41 Å². The van der Waals surface area contributed by atoms with Gasteiger partial charge in [-0.25, -0.2) is 8.78 Å². The number of anilines is 1. The summed E-state index contributed by atoms with van der Waals surface area (Å²) in [7, 11) is 1.49. The number of halogens is 2. The zero-order valence-corrected chi connectivity index (χ0v) is 8.81. The monoisotopic (exact) mass is 229 g/mol. The fraction of sp³-hybridized carbons (Fsp3) is 0.300. The summed E-state index contributed by atoms with van der Waals surface area (Å²) >= 11 is 0. The van der Waals surface area contributed by atoms with Crippen LogP contribution in [-0.2, 0) is 4.74 Å². The summed E-state index contributed by atoms with van der Waals surface area (Å²) in [6, 6.07) is 2.03. The molecule has 0 unspecified atom stereocenters. The lowest BCUT2D eigenvalue weighted by atomic mass is 10.1. The predicted octanol–water partition coefficient (Wildman–Crippen LogP) is 1.31. The lowest BCUT2D eigenvalue weighted by Crippen LogP contribution is -2.14. The maximum absolute atomic E-state index is 13.4. The Morgan fingerprint density at radius 3 is 2.44 bits per heavy atom. The number of hydrogen-bond donors (Lipinski definition) is 3. The van der Waals surface area contributed by atoms with Crippen LogP contribution in [-0.4, -0.2) is 26.1 Å². The highest BCUT2D eigenvalue weighted by molar-refractivity contribution is 5.95. The Morgan fingerprint density at radius 1 is 1.44 bits per heavy atom. The van der Waals surface area contributed by atoms with Gasteiger partial charge in [0.05, 0.1) is 6.61 Å². The first-order valence-electron chi connectivity index (χ1n) is 4.62. The summed E-state index contributed by atoms with van der Waals surface area (Å²) < 4.78 is 31.5. The molecule has 1 aromatic rings. The van der Waals surface area contributed by atoms with E-state index in [4.69, 9.17) is 15.9 Å². The standard InChI is InChI=1S/C10H13F2N3O/c1-16-3-2-15-9-7(11)4-6(10(13)14)5-8(9)12/h4-5,15H,2-3H2,1H3,(H3,13,14). The molecule has 0 spiro atoms. The summed E-state index contributed by atoms with van der Waals surface area (Å²) in [5, 5.41) is 9.63. The lowest BCUT2D eigenvalue weighted by Gasteiger charge is -2.09. The predicted molar refractivity (Wildman–Crippen MR) is 57.7 cm³/mol. The van der Waals surface area contributed by atoms with Crippen LogP contribution in [0.5, 0.6) is 0 Å². The Bertz CT molecular complexity index is 373. The molecule has 16 heavy (non-hydrogen) atoms. The number of methoxy groups -OCH3 is 1. The zero-order chi connectivity index (χ0) is 12.1. The smallest absolute Gasteiger partial charge is 0.150 e. The average molecular weight is 229 g/mol. The van der Waals surface area contributed by atoms with Crippen molar-refractivity contribution in [3.05, 3.63) is 29.3 Å². The second-order valence-corrected chi connectivity index (χ2v) is 3.15. The molecule has 88 valence electrons. The summed E-state index contributed by atoms with van der Waals surface area (Å²) in [6.45, 7) is 0.636. The molecule has 6 heteroatoms. The van der Waals surface area contributed by atoms with E-state index in [1.807, 2.05) is 0 Å². The fourth-order valence-corrected chi connectivity index (χ4v) is 1.18. The molecule has 0 aromatic heterocycles. The summed E-state index contributed by atoms with van der Waals surface area (Å²) in [4.78, 5) is 0. The quantitative estimate of drug-likeness (QED) is 0.405. The third-order valence-electron chi connectivity index (χ3n) is 1.96. The minimum atomic E-state index is -0.777. The SMILES string of the molecule is COCCNc1c(F)cc(C(=N)N)cc1F. The summed E-state index contributed by atoms with van der Waals surface area (Å²) in [6.07, 6.45) is 0. The van der Waals surface area contributed by atoms with E-state index >= 15 is 0 Å². The number of hydrogen-bond acceptors (Lipinski definition) is 3. The highest BCUT2D eigenvalue weighted by Crippen LogP contribution is 2.20. The van der Waals surface area contributed by atoms with Crippen molar-refractivity contribution in [2.45, 2.75) is 0 Å². The van der Waals surface area contributed by atoms with E-state index in [1.54, 1.807) is 0 Å². The van der Waals surface area contributed by atoms with Crippen LogP contribution in [0.4, 0.5) is 14.5 Å². The van der Waals surface area contributed by atoms with Crippen LogP contribution in [0.2, 0.25) is 0 Å². The molecule has 1 aromatic carbocycles. The van der Waals surface area contributed by atoms with E-state index in [9.17, 15) is 8.78 Å². The Balaban J connectivity index is 2.89. The van der Waals surface area contributed by atoms with Gasteiger partial charge in [-0.1, -0.05) is 0 Å². The normalized spacial score (nSPS) is 10.2. The molecular weight excluding hydrogens is 216 g/mol. The number of nitrogens with one attached hydrogen (secondary N) is 2. The molecule has 0 bridgehead atoms. The van der Waals surface area contributed by atoms with Crippen molar-refractivity contribution in [2.24, 2.45) is 5.73 Å². The molecular formula is C10H13F2N3O. The van der Waals surface area contributed by atoms with Crippen LogP contribution >= 0.6 is 0 Å². The first kappa shape index (κ1) is 12.4. The molecule has 1 rings (SSSR count). The third kappa shape index (κ3) is 2.90. The third-order valence-corrected chi connectivity index (χ3v) is 1.96. The largest absolute Gasteiger partial charge is 0.384 e. The van der Waals surface area contributed by atoms with Crippen molar-refractivity contribution in [1.82, 2.24) is 0 Å². The number of ether oxygens (including phenoxy) is 1. The number of nitrogens with two attached hydrogens (primary N) is 1. The molecule has 4 nitrogen and oxygen atoms in total. The van der Waals surface area contributed by atoms with E-state index in [-0.39, 0.29) is 17.1 Å². The molecule has 0 saturated carbocycles. The van der Waals surface area contributed by atoms with Crippen molar-refractivity contribution in [3.63, 3.8) is 0 Å². The van der Waals surface area contributed by atoms with Gasteiger partial charge in [0.25, 0.3) is 0 Å². The van der Waals surface area contributed by atoms with E-state index in [0.29, 0.717) is 13.2 Å². The lowest BCUT2D eigenvalue weighted by molar-refractivity contribution is 0.210. The Kier molecular flexibility index (Phi) is 4.19. The first-order chi connectivity index (χ1) is 7.56. The molecule has 0 aliphatic rings. The van der Waals surface area contributed by atoms with Gasteiger partial charge in [0, 0.05) is 19.2 Å². The zero-order valence-electron chi connectivity index (χ0n) is 8.81. The molecule has 0 aliphatic heterocycles. The number of nitrogen functional groups attached to an aromatic ring is 1. The molecule has 0 amide bonds. The van der Waals surface area contributed by atoms with Crippen LogP contribution in [0.15, 0.2) is 12.1 Å². The van der Waals surface area contributed by atoms with Gasteiger partial charge in [-0.15, -0.1) is 0 Å². The maximum Gasteiger partial charge on any atom is 0.150 e. The maximum atomic E-state index is 13.4. The van der Waals surface area contributed by atoms with Gasteiger partial charge in [-0.05, 0) is 12.1 Å². The van der Waals surface area contributed by atoms with Crippen LogP contribution < -0.4 is 11.1 Å². The Hall–Kier alpha value is -1.69. The van der Waals surface area contributed by atoms with Crippen molar-refractivity contribution in [3.8, 4) is 0 Å². The molecule has 0 fully saturated rings. The highest BCUT2D eigenvalue weighted by Gasteiger charge is 2.11. The van der Waals surface area contributed by atoms with Crippen LogP contribution in [0.1, 0.15) is 5.56 Å². The van der Waals surface area contributed by atoms with Crippen molar-refractivity contribution < 1.29 is 13.5 Å². The molecule has 0 radical (unpaired) electrons. The van der Waals surface area contributed by atoms with Gasteiger partial charge in [-0.2, -0.15) is 0 Å². The second kappa shape index (κ2) is 5.41. The van der Waals surface area contributed by atoms with Gasteiger partial charge in [0.1, 0.15) is 23.2 Å². The van der Waals surface area contributed by atoms with Crippen LogP contribution in [0.3, 0.4) is 0 Å². The molecule has 0 saturated heterocycles. The van der Waals surface area contributed by atoms with Crippen molar-refractivity contribution in [1.29, 1.82) is 5.41 Å². The van der Waals surface area contributed by atoms with Crippen molar-refractivity contribution >= 4 is 11.5 Å². The van der Waals surface area contributed by atoms with Gasteiger partial charge < -0.3 is 15.8 Å².